The summed E-state index contributed by atoms with van der Waals surface area (Å²) in [6.07, 6.45) is 3.48. The Labute approximate surface area is 123 Å². The van der Waals surface area contributed by atoms with Gasteiger partial charge in [0.25, 0.3) is 5.91 Å². The molecule has 0 unspecified atom stereocenters. The first-order valence-corrected chi connectivity index (χ1v) is 7.21. The van der Waals surface area contributed by atoms with Crippen LogP contribution in [0.25, 0.3) is 0 Å². The van der Waals surface area contributed by atoms with E-state index in [9.17, 15) is 9.59 Å². The zero-order chi connectivity index (χ0) is 14.5. The van der Waals surface area contributed by atoms with E-state index in [1.54, 1.807) is 25.1 Å². The van der Waals surface area contributed by atoms with Gasteiger partial charge in [-0.2, -0.15) is 0 Å². The Morgan fingerprint density at radius 2 is 2.05 bits per heavy atom. The van der Waals surface area contributed by atoms with Crippen LogP contribution < -0.4 is 5.32 Å². The molecule has 0 radical (unpaired) electrons. The summed E-state index contributed by atoms with van der Waals surface area (Å²) in [7, 11) is 0. The minimum Gasteiger partial charge on any atom is -0.449 e. The molecule has 1 aliphatic rings. The van der Waals surface area contributed by atoms with Crippen molar-refractivity contribution in [3.63, 3.8) is 0 Å². The second-order valence-electron chi connectivity index (χ2n) is 5.05. The largest absolute Gasteiger partial charge is 0.449 e. The third kappa shape index (κ3) is 3.97. The number of esters is 1. The van der Waals surface area contributed by atoms with Gasteiger partial charge in [0.2, 0.25) is 0 Å². The fourth-order valence-electron chi connectivity index (χ4n) is 2.29. The Bertz CT molecular complexity index is 498. The highest BCUT2D eigenvalue weighted by molar-refractivity contribution is 6.30. The van der Waals surface area contributed by atoms with E-state index in [0.29, 0.717) is 10.6 Å². The van der Waals surface area contributed by atoms with Crippen LogP contribution in [-0.4, -0.2) is 24.0 Å². The van der Waals surface area contributed by atoms with Crippen molar-refractivity contribution in [2.45, 2.75) is 44.8 Å². The molecule has 1 aliphatic carbocycles. The van der Waals surface area contributed by atoms with Crippen molar-refractivity contribution < 1.29 is 14.3 Å². The molecule has 0 bridgehead atoms. The van der Waals surface area contributed by atoms with E-state index in [1.165, 1.54) is 6.07 Å². The summed E-state index contributed by atoms with van der Waals surface area (Å²) in [5.74, 6) is -0.783. The number of carbonyl (C=O) groups excluding carboxylic acids is 2. The van der Waals surface area contributed by atoms with Gasteiger partial charge in [-0.25, -0.2) is 4.79 Å². The van der Waals surface area contributed by atoms with Gasteiger partial charge < -0.3 is 10.1 Å². The number of ether oxygens (including phenoxy) is 1. The Morgan fingerprint density at radius 1 is 1.35 bits per heavy atom. The summed E-state index contributed by atoms with van der Waals surface area (Å²) in [6, 6.07) is 6.69. The van der Waals surface area contributed by atoms with Gasteiger partial charge in [-0.15, -0.1) is 0 Å². The van der Waals surface area contributed by atoms with E-state index in [0.717, 1.165) is 25.7 Å². The fourth-order valence-corrected chi connectivity index (χ4v) is 2.48. The number of rotatable bonds is 4. The lowest BCUT2D eigenvalue weighted by Crippen LogP contribution is -2.40. The van der Waals surface area contributed by atoms with Crippen LogP contribution in [0.15, 0.2) is 24.3 Å². The SMILES string of the molecule is C[C@@H](OC(=O)c1cccc(Cl)c1)C(=O)NC1CCCC1. The van der Waals surface area contributed by atoms with Crippen LogP contribution in [0.5, 0.6) is 0 Å². The van der Waals surface area contributed by atoms with Gasteiger partial charge in [-0.05, 0) is 38.0 Å². The molecule has 108 valence electrons. The van der Waals surface area contributed by atoms with Crippen molar-refractivity contribution in [1.29, 1.82) is 0 Å². The summed E-state index contributed by atoms with van der Waals surface area (Å²) in [4.78, 5) is 23.8. The summed E-state index contributed by atoms with van der Waals surface area (Å²) in [5.41, 5.74) is 0.345. The van der Waals surface area contributed by atoms with Gasteiger partial charge in [0.15, 0.2) is 6.10 Å². The topological polar surface area (TPSA) is 55.4 Å². The molecule has 1 saturated carbocycles. The number of amides is 1. The molecule has 1 N–H and O–H groups in total. The Kier molecular flexibility index (Phi) is 5.01. The number of benzene rings is 1. The number of hydrogen-bond acceptors (Lipinski definition) is 3. The van der Waals surface area contributed by atoms with Gasteiger partial charge in [-0.3, -0.25) is 4.79 Å². The van der Waals surface area contributed by atoms with Crippen molar-refractivity contribution in [3.8, 4) is 0 Å². The van der Waals surface area contributed by atoms with Crippen LogP contribution in [-0.2, 0) is 9.53 Å². The van der Waals surface area contributed by atoms with Crippen molar-refractivity contribution in [3.05, 3.63) is 34.9 Å². The number of hydrogen-bond donors (Lipinski definition) is 1. The molecule has 0 aliphatic heterocycles. The highest BCUT2D eigenvalue weighted by Crippen LogP contribution is 2.18. The minimum atomic E-state index is -0.804. The van der Waals surface area contributed by atoms with Crippen LogP contribution in [0.2, 0.25) is 5.02 Å². The van der Waals surface area contributed by atoms with Gasteiger partial charge in [0.1, 0.15) is 0 Å². The molecule has 1 aromatic rings. The predicted molar refractivity (Wildman–Crippen MR) is 76.7 cm³/mol. The van der Waals surface area contributed by atoms with Crippen LogP contribution in [0, 0.1) is 0 Å². The maximum absolute atomic E-state index is 11.9. The van der Waals surface area contributed by atoms with E-state index in [2.05, 4.69) is 5.32 Å². The lowest BCUT2D eigenvalue weighted by molar-refractivity contribution is -0.129. The van der Waals surface area contributed by atoms with Crippen LogP contribution in [0.4, 0.5) is 0 Å². The Hall–Kier alpha value is -1.55. The summed E-state index contributed by atoms with van der Waals surface area (Å²) < 4.78 is 5.15. The third-order valence-corrected chi connectivity index (χ3v) is 3.65. The first kappa shape index (κ1) is 14.9. The van der Waals surface area contributed by atoms with E-state index < -0.39 is 12.1 Å². The summed E-state index contributed by atoms with van der Waals surface area (Å²) >= 11 is 5.81. The van der Waals surface area contributed by atoms with E-state index in [-0.39, 0.29) is 11.9 Å². The molecule has 0 saturated heterocycles. The van der Waals surface area contributed by atoms with Gasteiger partial charge in [0.05, 0.1) is 5.56 Å². The second-order valence-corrected chi connectivity index (χ2v) is 5.48. The second kappa shape index (κ2) is 6.75. The molecular formula is C15H18ClNO3. The summed E-state index contributed by atoms with van der Waals surface area (Å²) in [5, 5.41) is 3.37. The highest BCUT2D eigenvalue weighted by Gasteiger charge is 2.23. The minimum absolute atomic E-state index is 0.217. The van der Waals surface area contributed by atoms with E-state index in [1.807, 2.05) is 0 Å². The molecule has 0 heterocycles. The molecule has 1 fully saturated rings. The third-order valence-electron chi connectivity index (χ3n) is 3.41. The first-order chi connectivity index (χ1) is 9.56. The molecule has 5 heteroatoms. The molecular weight excluding hydrogens is 278 g/mol. The highest BCUT2D eigenvalue weighted by atomic mass is 35.5. The monoisotopic (exact) mass is 295 g/mol. The van der Waals surface area contributed by atoms with Crippen molar-refractivity contribution in [1.82, 2.24) is 5.32 Å². The molecule has 1 amide bonds. The first-order valence-electron chi connectivity index (χ1n) is 6.83. The van der Waals surface area contributed by atoms with Crippen LogP contribution in [0.3, 0.4) is 0 Å². The standard InChI is InChI=1S/C15H18ClNO3/c1-10(14(18)17-13-7-2-3-8-13)20-15(19)11-5-4-6-12(16)9-11/h4-6,9-10,13H,2-3,7-8H2,1H3,(H,17,18)/t10-/m1/s1. The lowest BCUT2D eigenvalue weighted by atomic mass is 10.2. The van der Waals surface area contributed by atoms with Crippen LogP contribution >= 0.6 is 11.6 Å². The van der Waals surface area contributed by atoms with Gasteiger partial charge in [0, 0.05) is 11.1 Å². The normalized spacial score (nSPS) is 16.7. The summed E-state index contributed by atoms with van der Waals surface area (Å²) in [6.45, 7) is 1.58. The zero-order valence-electron chi connectivity index (χ0n) is 11.4. The molecule has 4 nitrogen and oxygen atoms in total. The number of nitrogens with one attached hydrogen (secondary N) is 1. The molecule has 1 atom stereocenters. The molecule has 0 spiro atoms. The van der Waals surface area contributed by atoms with E-state index in [4.69, 9.17) is 16.3 Å². The molecule has 20 heavy (non-hydrogen) atoms. The number of carbonyl (C=O) groups is 2. The quantitative estimate of drug-likeness (QED) is 0.869. The zero-order valence-corrected chi connectivity index (χ0v) is 12.2. The number of halogens is 1. The van der Waals surface area contributed by atoms with Crippen LogP contribution in [0.1, 0.15) is 43.0 Å². The van der Waals surface area contributed by atoms with Crippen molar-refractivity contribution >= 4 is 23.5 Å². The van der Waals surface area contributed by atoms with Gasteiger partial charge in [-0.1, -0.05) is 30.5 Å². The fraction of sp³-hybridized carbons (Fsp3) is 0.467. The predicted octanol–water partition coefficient (Wildman–Crippen LogP) is 2.94. The lowest BCUT2D eigenvalue weighted by Gasteiger charge is -2.17. The average molecular weight is 296 g/mol. The molecule has 2 rings (SSSR count). The smallest absolute Gasteiger partial charge is 0.338 e. The van der Waals surface area contributed by atoms with Crippen molar-refractivity contribution in [2.75, 3.05) is 0 Å². The average Bonchev–Trinajstić information content (AvgIpc) is 2.91. The Balaban J connectivity index is 1.88. The van der Waals surface area contributed by atoms with Crippen molar-refractivity contribution in [2.24, 2.45) is 0 Å². The van der Waals surface area contributed by atoms with E-state index >= 15 is 0 Å². The molecule has 0 aromatic heterocycles. The maximum atomic E-state index is 11.9. The Morgan fingerprint density at radius 3 is 2.70 bits per heavy atom. The van der Waals surface area contributed by atoms with Gasteiger partial charge >= 0.3 is 5.97 Å². The maximum Gasteiger partial charge on any atom is 0.338 e. The molecule has 1 aromatic carbocycles.